The Morgan fingerprint density at radius 3 is 2.86 bits per heavy atom. The van der Waals surface area contributed by atoms with Crippen LogP contribution in [-0.4, -0.2) is 37.8 Å². The third-order valence-corrected chi connectivity index (χ3v) is 3.79. The third kappa shape index (κ3) is 6.01. The Morgan fingerprint density at radius 2 is 2.18 bits per heavy atom. The van der Waals surface area contributed by atoms with Gasteiger partial charge in [0, 0.05) is 24.5 Å². The molecule has 1 N–H and O–H groups in total. The number of hydrogen-bond acceptors (Lipinski definition) is 6. The van der Waals surface area contributed by atoms with E-state index in [4.69, 9.17) is 25.9 Å². The van der Waals surface area contributed by atoms with Gasteiger partial charge in [0.2, 0.25) is 0 Å². The molecule has 1 atom stereocenters. The molecule has 7 heteroatoms. The van der Waals surface area contributed by atoms with Crippen LogP contribution in [0.3, 0.4) is 0 Å². The lowest BCUT2D eigenvalue weighted by Gasteiger charge is -2.16. The van der Waals surface area contributed by atoms with Crippen molar-refractivity contribution in [1.29, 1.82) is 5.26 Å². The van der Waals surface area contributed by atoms with Crippen molar-refractivity contribution in [2.45, 2.75) is 12.5 Å². The highest BCUT2D eigenvalue weighted by atomic mass is 16.5. The van der Waals surface area contributed by atoms with Crippen molar-refractivity contribution in [2.24, 2.45) is 0 Å². The fourth-order valence-electron chi connectivity index (χ4n) is 2.51. The molecule has 1 aromatic heterocycles. The molecule has 7 nitrogen and oxygen atoms in total. The van der Waals surface area contributed by atoms with Gasteiger partial charge in [-0.2, -0.15) is 5.26 Å². The largest absolute Gasteiger partial charge is 0.493 e. The Hall–Kier alpha value is -3.55. The molecule has 144 valence electrons. The minimum Gasteiger partial charge on any atom is -0.493 e. The van der Waals surface area contributed by atoms with E-state index in [1.54, 1.807) is 30.6 Å². The average Bonchev–Trinajstić information content (AvgIpc) is 2.73. The van der Waals surface area contributed by atoms with Gasteiger partial charge in [0.15, 0.2) is 24.2 Å². The van der Waals surface area contributed by atoms with Crippen molar-refractivity contribution in [1.82, 2.24) is 10.3 Å². The van der Waals surface area contributed by atoms with Crippen molar-refractivity contribution in [2.75, 3.05) is 26.9 Å². The lowest BCUT2D eigenvalue weighted by molar-refractivity contribution is -0.132. The van der Waals surface area contributed by atoms with Gasteiger partial charge < -0.3 is 19.5 Å². The highest BCUT2D eigenvalue weighted by molar-refractivity contribution is 5.82. The summed E-state index contributed by atoms with van der Waals surface area (Å²) in [4.78, 5) is 16.5. The second-order valence-electron chi connectivity index (χ2n) is 5.65. The van der Waals surface area contributed by atoms with Gasteiger partial charge in [-0.25, -0.2) is 0 Å². The summed E-state index contributed by atoms with van der Waals surface area (Å²) in [5.74, 6) is 3.11. The molecular formula is C21H21N3O4. The van der Waals surface area contributed by atoms with Crippen molar-refractivity contribution in [3.05, 3.63) is 53.9 Å². The van der Waals surface area contributed by atoms with Crippen LogP contribution in [0.4, 0.5) is 0 Å². The molecule has 0 spiro atoms. The molecule has 0 radical (unpaired) electrons. The van der Waals surface area contributed by atoms with E-state index in [2.05, 4.69) is 16.2 Å². The van der Waals surface area contributed by atoms with Gasteiger partial charge in [-0.3, -0.25) is 9.78 Å². The van der Waals surface area contributed by atoms with Crippen LogP contribution in [0.25, 0.3) is 0 Å². The van der Waals surface area contributed by atoms with Gasteiger partial charge in [0.1, 0.15) is 12.7 Å². The fraction of sp³-hybridized carbons (Fsp3) is 0.286. The second kappa shape index (κ2) is 11.2. The Balaban J connectivity index is 1.96. The number of pyridine rings is 1. The molecule has 0 bridgehead atoms. The number of hydrogen-bond donors (Lipinski definition) is 1. The summed E-state index contributed by atoms with van der Waals surface area (Å²) in [7, 11) is 1.53. The molecule has 0 aliphatic heterocycles. The number of rotatable bonds is 10. The summed E-state index contributed by atoms with van der Waals surface area (Å²) in [6.45, 7) is 0.365. The van der Waals surface area contributed by atoms with Gasteiger partial charge >= 0.3 is 0 Å². The van der Waals surface area contributed by atoms with Gasteiger partial charge in [-0.15, -0.1) is 6.42 Å². The average molecular weight is 379 g/mol. The van der Waals surface area contributed by atoms with Gasteiger partial charge in [0.25, 0.3) is 5.91 Å². The smallest absolute Gasteiger partial charge is 0.253 e. The highest BCUT2D eigenvalue weighted by Crippen LogP contribution is 2.28. The molecule has 1 amide bonds. The lowest BCUT2D eigenvalue weighted by atomic mass is 10.1. The van der Waals surface area contributed by atoms with Gasteiger partial charge in [-0.1, -0.05) is 18.1 Å². The number of aromatic nitrogens is 1. The van der Waals surface area contributed by atoms with Crippen molar-refractivity contribution < 1.29 is 19.0 Å². The highest BCUT2D eigenvalue weighted by Gasteiger charge is 2.21. The predicted octanol–water partition coefficient (Wildman–Crippen LogP) is 2.04. The molecule has 28 heavy (non-hydrogen) atoms. The topological polar surface area (TPSA) is 93.5 Å². The molecule has 1 aromatic carbocycles. The minimum atomic E-state index is -0.818. The monoisotopic (exact) mass is 379 g/mol. The molecule has 0 aliphatic carbocycles. The maximum Gasteiger partial charge on any atom is 0.253 e. The summed E-state index contributed by atoms with van der Waals surface area (Å²) < 4.78 is 16.1. The van der Waals surface area contributed by atoms with E-state index >= 15 is 0 Å². The van der Waals surface area contributed by atoms with E-state index in [9.17, 15) is 4.79 Å². The molecule has 1 unspecified atom stereocenters. The van der Waals surface area contributed by atoms with Crippen LogP contribution in [0, 0.1) is 23.7 Å². The predicted molar refractivity (Wildman–Crippen MR) is 103 cm³/mol. The maximum absolute atomic E-state index is 12.5. The maximum atomic E-state index is 12.5. The number of nitrogens with zero attached hydrogens (tertiary/aromatic N) is 2. The minimum absolute atomic E-state index is 0.0222. The van der Waals surface area contributed by atoms with Crippen LogP contribution in [-0.2, 0) is 16.0 Å². The van der Waals surface area contributed by atoms with Crippen molar-refractivity contribution >= 4 is 5.91 Å². The summed E-state index contributed by atoms with van der Waals surface area (Å²) in [6.07, 6.45) is 8.20. The fourth-order valence-corrected chi connectivity index (χ4v) is 2.51. The summed E-state index contributed by atoms with van der Waals surface area (Å²) >= 11 is 0. The van der Waals surface area contributed by atoms with E-state index in [0.717, 1.165) is 5.56 Å². The number of amides is 1. The molecule has 0 saturated heterocycles. The number of benzene rings is 1. The number of nitrogens with one attached hydrogen (secondary N) is 1. The quantitative estimate of drug-likeness (QED) is 0.635. The Labute approximate surface area is 164 Å². The van der Waals surface area contributed by atoms with E-state index < -0.39 is 6.10 Å². The SMILES string of the molecule is C#CCOC(C(=O)NCCc1ccc(OCC#N)c(OC)c1)c1cccnc1. The summed E-state index contributed by atoms with van der Waals surface area (Å²) in [5.41, 5.74) is 1.58. The molecule has 2 aromatic rings. The van der Waals surface area contributed by atoms with Gasteiger partial charge in [0.05, 0.1) is 7.11 Å². The third-order valence-electron chi connectivity index (χ3n) is 3.79. The second-order valence-corrected chi connectivity index (χ2v) is 5.65. The van der Waals surface area contributed by atoms with E-state index in [-0.39, 0.29) is 19.1 Å². The Kier molecular flexibility index (Phi) is 8.32. The standard InChI is InChI=1S/C21H21N3O4/c1-3-12-28-20(17-5-4-10-23-15-17)21(25)24-11-8-16-6-7-18(27-13-9-22)19(14-16)26-2/h1,4-7,10,14-15,20H,8,11-13H2,2H3,(H,24,25). The Bertz CT molecular complexity index is 856. The molecule has 1 heterocycles. The number of nitriles is 1. The number of ether oxygens (including phenoxy) is 3. The summed E-state index contributed by atoms with van der Waals surface area (Å²) in [6, 6.07) is 10.8. The van der Waals surface area contributed by atoms with Crippen LogP contribution in [0.5, 0.6) is 11.5 Å². The molecule has 0 saturated carbocycles. The first-order valence-corrected chi connectivity index (χ1v) is 8.59. The zero-order chi connectivity index (χ0) is 20.2. The first-order chi connectivity index (χ1) is 13.7. The van der Waals surface area contributed by atoms with Crippen LogP contribution in [0.1, 0.15) is 17.2 Å². The van der Waals surface area contributed by atoms with E-state index in [0.29, 0.717) is 30.0 Å². The number of carbonyl (C=O) groups is 1. The van der Waals surface area contributed by atoms with Crippen molar-refractivity contribution in [3.63, 3.8) is 0 Å². The zero-order valence-corrected chi connectivity index (χ0v) is 15.6. The normalized spacial score (nSPS) is 11.0. The van der Waals surface area contributed by atoms with Crippen LogP contribution in [0.15, 0.2) is 42.7 Å². The van der Waals surface area contributed by atoms with Gasteiger partial charge in [-0.05, 0) is 30.2 Å². The molecular weight excluding hydrogens is 358 g/mol. The zero-order valence-electron chi connectivity index (χ0n) is 15.6. The van der Waals surface area contributed by atoms with Crippen molar-refractivity contribution in [3.8, 4) is 29.9 Å². The number of carbonyl (C=O) groups excluding carboxylic acids is 1. The van der Waals surface area contributed by atoms with E-state index in [1.807, 2.05) is 18.2 Å². The number of terminal acetylenes is 1. The summed E-state index contributed by atoms with van der Waals surface area (Å²) in [5, 5.41) is 11.5. The van der Waals surface area contributed by atoms with Crippen LogP contribution >= 0.6 is 0 Å². The molecule has 0 aliphatic rings. The van der Waals surface area contributed by atoms with Crippen LogP contribution < -0.4 is 14.8 Å². The first-order valence-electron chi connectivity index (χ1n) is 8.59. The first kappa shape index (κ1) is 20.8. The molecule has 0 fully saturated rings. The lowest BCUT2D eigenvalue weighted by Crippen LogP contribution is -2.32. The molecule has 2 rings (SSSR count). The van der Waals surface area contributed by atoms with Crippen LogP contribution in [0.2, 0.25) is 0 Å². The number of methoxy groups -OCH3 is 1. The Morgan fingerprint density at radius 1 is 1.32 bits per heavy atom. The van der Waals surface area contributed by atoms with E-state index in [1.165, 1.54) is 7.11 Å².